The summed E-state index contributed by atoms with van der Waals surface area (Å²) in [5.74, 6) is 1.74. The summed E-state index contributed by atoms with van der Waals surface area (Å²) < 4.78 is 0. The topological polar surface area (TPSA) is 61.9 Å². The SMILES string of the molecule is c1nc(NC2CCC3NNCC3C2)c2ccsc2n1. The Bertz CT molecular complexity index is 583. The van der Waals surface area contributed by atoms with E-state index in [1.54, 1.807) is 17.7 Å². The summed E-state index contributed by atoms with van der Waals surface area (Å²) in [5.41, 5.74) is 6.64. The third-order valence-corrected chi connectivity index (χ3v) is 5.06. The number of hydrazine groups is 1. The Morgan fingerprint density at radius 2 is 2.32 bits per heavy atom. The van der Waals surface area contributed by atoms with Gasteiger partial charge in [-0.1, -0.05) is 0 Å². The molecule has 3 unspecified atom stereocenters. The first-order valence-electron chi connectivity index (χ1n) is 6.83. The number of hydrogen-bond acceptors (Lipinski definition) is 6. The third-order valence-electron chi connectivity index (χ3n) is 4.24. The molecule has 3 N–H and O–H groups in total. The highest BCUT2D eigenvalue weighted by molar-refractivity contribution is 7.16. The van der Waals surface area contributed by atoms with E-state index in [0.29, 0.717) is 12.1 Å². The molecule has 2 aliphatic rings. The van der Waals surface area contributed by atoms with Gasteiger partial charge in [-0.3, -0.25) is 10.9 Å². The molecule has 3 heterocycles. The lowest BCUT2D eigenvalue weighted by Gasteiger charge is -2.31. The predicted octanol–water partition coefficient (Wildman–Crippen LogP) is 1.75. The smallest absolute Gasteiger partial charge is 0.138 e. The Kier molecular flexibility index (Phi) is 2.86. The van der Waals surface area contributed by atoms with Gasteiger partial charge in [-0.2, -0.15) is 0 Å². The number of nitrogens with zero attached hydrogens (tertiary/aromatic N) is 2. The van der Waals surface area contributed by atoms with Crippen molar-refractivity contribution >= 4 is 27.4 Å². The number of nitrogens with one attached hydrogen (secondary N) is 3. The number of anilines is 1. The molecule has 1 saturated carbocycles. The third kappa shape index (κ3) is 2.09. The first kappa shape index (κ1) is 11.6. The van der Waals surface area contributed by atoms with E-state index in [4.69, 9.17) is 0 Å². The Hall–Kier alpha value is -1.24. The zero-order valence-corrected chi connectivity index (χ0v) is 11.4. The number of thiophene rings is 1. The number of hydrogen-bond donors (Lipinski definition) is 3. The average Bonchev–Trinajstić information content (AvgIpc) is 3.06. The van der Waals surface area contributed by atoms with Crippen LogP contribution in [0.15, 0.2) is 17.8 Å². The molecule has 1 aliphatic heterocycles. The van der Waals surface area contributed by atoms with Crippen molar-refractivity contribution in [3.63, 3.8) is 0 Å². The van der Waals surface area contributed by atoms with Crippen molar-refractivity contribution in [3.05, 3.63) is 17.8 Å². The van der Waals surface area contributed by atoms with Gasteiger partial charge in [0.2, 0.25) is 0 Å². The van der Waals surface area contributed by atoms with Crippen molar-refractivity contribution in [2.75, 3.05) is 11.9 Å². The second-order valence-corrected chi connectivity index (χ2v) is 6.30. The highest BCUT2D eigenvalue weighted by Crippen LogP contribution is 2.30. The maximum atomic E-state index is 4.41. The zero-order chi connectivity index (χ0) is 12.7. The standard InChI is InChI=1S/C13H17N5S/c1-2-11-8(6-16-18-11)5-9(1)17-12-10-3-4-19-13(10)15-7-14-12/h3-4,7-9,11,16,18H,1-2,5-6H2,(H,14,15,17). The first-order chi connectivity index (χ1) is 9.40. The average molecular weight is 275 g/mol. The van der Waals surface area contributed by atoms with Crippen molar-refractivity contribution in [2.45, 2.75) is 31.3 Å². The molecule has 0 radical (unpaired) electrons. The van der Waals surface area contributed by atoms with Crippen LogP contribution in [0.3, 0.4) is 0 Å². The van der Waals surface area contributed by atoms with Crippen molar-refractivity contribution in [1.29, 1.82) is 0 Å². The van der Waals surface area contributed by atoms with Gasteiger partial charge in [0.25, 0.3) is 0 Å². The van der Waals surface area contributed by atoms with E-state index in [-0.39, 0.29) is 0 Å². The molecule has 2 aromatic rings. The second-order valence-electron chi connectivity index (χ2n) is 5.41. The van der Waals surface area contributed by atoms with E-state index in [9.17, 15) is 0 Å². The maximum Gasteiger partial charge on any atom is 0.138 e. The summed E-state index contributed by atoms with van der Waals surface area (Å²) in [4.78, 5) is 9.77. The molecule has 100 valence electrons. The van der Waals surface area contributed by atoms with Gasteiger partial charge in [0.15, 0.2) is 0 Å². The molecule has 0 bridgehead atoms. The maximum absolute atomic E-state index is 4.41. The van der Waals surface area contributed by atoms with Gasteiger partial charge >= 0.3 is 0 Å². The fourth-order valence-electron chi connectivity index (χ4n) is 3.23. The molecule has 2 aromatic heterocycles. The lowest BCUT2D eigenvalue weighted by atomic mass is 9.83. The minimum atomic E-state index is 0.529. The quantitative estimate of drug-likeness (QED) is 0.779. The fraction of sp³-hybridized carbons (Fsp3) is 0.538. The molecule has 0 aromatic carbocycles. The summed E-state index contributed by atoms with van der Waals surface area (Å²) >= 11 is 1.67. The van der Waals surface area contributed by atoms with Crippen LogP contribution in [0.5, 0.6) is 0 Å². The first-order valence-corrected chi connectivity index (χ1v) is 7.71. The van der Waals surface area contributed by atoms with Gasteiger partial charge in [-0.05, 0) is 36.6 Å². The van der Waals surface area contributed by atoms with Crippen LogP contribution in [0.1, 0.15) is 19.3 Å². The Labute approximate surface area is 115 Å². The second kappa shape index (κ2) is 4.70. The molecular formula is C13H17N5S. The van der Waals surface area contributed by atoms with Crippen molar-refractivity contribution in [1.82, 2.24) is 20.8 Å². The summed E-state index contributed by atoms with van der Waals surface area (Å²) in [5, 5.41) is 6.85. The monoisotopic (exact) mass is 275 g/mol. The van der Waals surface area contributed by atoms with Gasteiger partial charge in [0.1, 0.15) is 17.0 Å². The summed E-state index contributed by atoms with van der Waals surface area (Å²) in [6.45, 7) is 1.08. The van der Waals surface area contributed by atoms with Gasteiger partial charge in [-0.15, -0.1) is 11.3 Å². The van der Waals surface area contributed by atoms with Crippen LogP contribution in [0.2, 0.25) is 0 Å². The molecule has 0 spiro atoms. The minimum Gasteiger partial charge on any atom is -0.367 e. The van der Waals surface area contributed by atoms with Crippen molar-refractivity contribution < 1.29 is 0 Å². The number of rotatable bonds is 2. The minimum absolute atomic E-state index is 0.529. The van der Waals surface area contributed by atoms with Crippen LogP contribution in [-0.2, 0) is 0 Å². The number of fused-ring (bicyclic) bond motifs is 2. The van der Waals surface area contributed by atoms with Crippen molar-refractivity contribution in [3.8, 4) is 0 Å². The van der Waals surface area contributed by atoms with E-state index in [1.165, 1.54) is 19.3 Å². The predicted molar refractivity (Wildman–Crippen MR) is 77.1 cm³/mol. The normalized spacial score (nSPS) is 30.4. The Morgan fingerprint density at radius 3 is 3.32 bits per heavy atom. The van der Waals surface area contributed by atoms with E-state index >= 15 is 0 Å². The molecule has 1 aliphatic carbocycles. The van der Waals surface area contributed by atoms with Crippen LogP contribution in [0, 0.1) is 5.92 Å². The molecule has 1 saturated heterocycles. The highest BCUT2D eigenvalue weighted by atomic mass is 32.1. The van der Waals surface area contributed by atoms with Crippen LogP contribution >= 0.6 is 11.3 Å². The molecule has 0 amide bonds. The molecule has 19 heavy (non-hydrogen) atoms. The fourth-order valence-corrected chi connectivity index (χ4v) is 3.96. The molecule has 3 atom stereocenters. The van der Waals surface area contributed by atoms with E-state index in [2.05, 4.69) is 37.6 Å². The van der Waals surface area contributed by atoms with E-state index in [1.807, 2.05) is 0 Å². The highest BCUT2D eigenvalue weighted by Gasteiger charge is 2.33. The summed E-state index contributed by atoms with van der Waals surface area (Å²) in [6.07, 6.45) is 5.30. The number of aromatic nitrogens is 2. The zero-order valence-electron chi connectivity index (χ0n) is 10.6. The van der Waals surface area contributed by atoms with Crippen LogP contribution in [-0.4, -0.2) is 28.6 Å². The van der Waals surface area contributed by atoms with E-state index < -0.39 is 0 Å². The largest absolute Gasteiger partial charge is 0.367 e. The molecule has 5 nitrogen and oxygen atoms in total. The Morgan fingerprint density at radius 1 is 1.32 bits per heavy atom. The van der Waals surface area contributed by atoms with Crippen LogP contribution in [0.25, 0.3) is 10.2 Å². The van der Waals surface area contributed by atoms with Gasteiger partial charge in [0, 0.05) is 18.6 Å². The van der Waals surface area contributed by atoms with Crippen LogP contribution in [0.4, 0.5) is 5.82 Å². The van der Waals surface area contributed by atoms with Crippen LogP contribution < -0.4 is 16.2 Å². The molecule has 2 fully saturated rings. The van der Waals surface area contributed by atoms with Crippen molar-refractivity contribution in [2.24, 2.45) is 5.92 Å². The van der Waals surface area contributed by atoms with Gasteiger partial charge in [-0.25, -0.2) is 9.97 Å². The molecule has 6 heteroatoms. The Balaban J connectivity index is 1.53. The lowest BCUT2D eigenvalue weighted by molar-refractivity contribution is 0.314. The van der Waals surface area contributed by atoms with Gasteiger partial charge in [0.05, 0.1) is 5.39 Å². The lowest BCUT2D eigenvalue weighted by Crippen LogP contribution is -2.39. The molecular weight excluding hydrogens is 258 g/mol. The van der Waals surface area contributed by atoms with E-state index in [0.717, 1.165) is 28.5 Å². The summed E-state index contributed by atoms with van der Waals surface area (Å²) in [7, 11) is 0. The van der Waals surface area contributed by atoms with Gasteiger partial charge < -0.3 is 5.32 Å². The molecule has 4 rings (SSSR count). The summed E-state index contributed by atoms with van der Waals surface area (Å²) in [6, 6.07) is 3.29.